The average molecular weight is 287 g/mol. The van der Waals surface area contributed by atoms with E-state index in [4.69, 9.17) is 6.42 Å². The van der Waals surface area contributed by atoms with Gasteiger partial charge in [0.15, 0.2) is 0 Å². The summed E-state index contributed by atoms with van der Waals surface area (Å²) < 4.78 is 0. The number of benzene rings is 1. The normalized spacial score (nSPS) is 10.0. The van der Waals surface area contributed by atoms with E-state index in [-0.39, 0.29) is 18.4 Å². The summed E-state index contributed by atoms with van der Waals surface area (Å²) in [6.45, 7) is 4.50. The number of nitrogens with one attached hydrogen (secondary N) is 3. The fourth-order valence-corrected chi connectivity index (χ4v) is 1.67. The van der Waals surface area contributed by atoms with Crippen LogP contribution < -0.4 is 16.0 Å². The Morgan fingerprint density at radius 1 is 1.10 bits per heavy atom. The second-order valence-corrected chi connectivity index (χ2v) is 5.08. The third kappa shape index (κ3) is 7.14. The Labute approximate surface area is 125 Å². The first-order valence-corrected chi connectivity index (χ1v) is 6.85. The van der Waals surface area contributed by atoms with E-state index in [1.165, 1.54) is 0 Å². The lowest BCUT2D eigenvalue weighted by molar-refractivity contribution is -0.117. The lowest BCUT2D eigenvalue weighted by Gasteiger charge is -2.09. The Balaban J connectivity index is 2.45. The van der Waals surface area contributed by atoms with Gasteiger partial charge in [-0.2, -0.15) is 0 Å². The monoisotopic (exact) mass is 287 g/mol. The zero-order chi connectivity index (χ0) is 15.7. The second kappa shape index (κ2) is 8.77. The molecule has 0 heterocycles. The standard InChI is InChI=1S/C16H21N3O2/c1-4-9-17-11-16(21)19-14-7-5-13(6-8-14)18-15(20)10-12(2)3/h1,5-8,12,17H,9-11H2,2-3H3,(H,18,20)(H,19,21). The third-order valence-corrected chi connectivity index (χ3v) is 2.56. The fourth-order valence-electron chi connectivity index (χ4n) is 1.67. The summed E-state index contributed by atoms with van der Waals surface area (Å²) in [6, 6.07) is 6.99. The van der Waals surface area contributed by atoms with Crippen molar-refractivity contribution in [2.45, 2.75) is 20.3 Å². The summed E-state index contributed by atoms with van der Waals surface area (Å²) in [7, 11) is 0. The molecule has 0 saturated carbocycles. The van der Waals surface area contributed by atoms with E-state index < -0.39 is 0 Å². The summed E-state index contributed by atoms with van der Waals surface area (Å²) in [6.07, 6.45) is 5.56. The largest absolute Gasteiger partial charge is 0.326 e. The topological polar surface area (TPSA) is 70.2 Å². The van der Waals surface area contributed by atoms with E-state index in [0.717, 1.165) is 0 Å². The predicted molar refractivity (Wildman–Crippen MR) is 84.9 cm³/mol. The maximum atomic E-state index is 11.6. The number of hydrogen-bond acceptors (Lipinski definition) is 3. The van der Waals surface area contributed by atoms with Crippen LogP contribution in [0, 0.1) is 18.3 Å². The maximum absolute atomic E-state index is 11.6. The van der Waals surface area contributed by atoms with Crippen molar-refractivity contribution >= 4 is 23.2 Å². The SMILES string of the molecule is C#CCNCC(=O)Nc1ccc(NC(=O)CC(C)C)cc1. The number of hydrogen-bond donors (Lipinski definition) is 3. The molecular formula is C16H21N3O2. The summed E-state index contributed by atoms with van der Waals surface area (Å²) in [5, 5.41) is 8.35. The van der Waals surface area contributed by atoms with Crippen molar-refractivity contribution in [2.75, 3.05) is 23.7 Å². The molecule has 0 spiro atoms. The van der Waals surface area contributed by atoms with Crippen LogP contribution in [-0.2, 0) is 9.59 Å². The van der Waals surface area contributed by atoms with Gasteiger partial charge in [-0.1, -0.05) is 19.8 Å². The van der Waals surface area contributed by atoms with E-state index in [9.17, 15) is 9.59 Å². The number of anilines is 2. The first-order valence-electron chi connectivity index (χ1n) is 6.85. The molecule has 0 atom stereocenters. The van der Waals surface area contributed by atoms with Crippen molar-refractivity contribution < 1.29 is 9.59 Å². The van der Waals surface area contributed by atoms with Gasteiger partial charge in [0.1, 0.15) is 0 Å². The summed E-state index contributed by atoms with van der Waals surface area (Å²) >= 11 is 0. The number of rotatable bonds is 7. The molecule has 2 amide bonds. The number of carbonyl (C=O) groups is 2. The number of carbonyl (C=O) groups excluding carboxylic acids is 2. The van der Waals surface area contributed by atoms with Crippen molar-refractivity contribution in [2.24, 2.45) is 5.92 Å². The average Bonchev–Trinajstić information content (AvgIpc) is 2.40. The highest BCUT2D eigenvalue weighted by Gasteiger charge is 2.06. The number of terminal acetylenes is 1. The molecule has 0 aromatic heterocycles. The summed E-state index contributed by atoms with van der Waals surface area (Å²) in [4.78, 5) is 23.2. The van der Waals surface area contributed by atoms with Gasteiger partial charge in [0, 0.05) is 17.8 Å². The van der Waals surface area contributed by atoms with Crippen molar-refractivity contribution in [3.63, 3.8) is 0 Å². The van der Waals surface area contributed by atoms with E-state index in [1.54, 1.807) is 24.3 Å². The zero-order valence-electron chi connectivity index (χ0n) is 12.4. The molecule has 0 fully saturated rings. The quantitative estimate of drug-likeness (QED) is 0.529. The highest BCUT2D eigenvalue weighted by molar-refractivity contribution is 5.93. The van der Waals surface area contributed by atoms with Gasteiger partial charge in [-0.25, -0.2) is 0 Å². The van der Waals surface area contributed by atoms with Crippen LogP contribution in [0.5, 0.6) is 0 Å². The number of amides is 2. The minimum absolute atomic E-state index is 0.0136. The predicted octanol–water partition coefficient (Wildman–Crippen LogP) is 1.83. The van der Waals surface area contributed by atoms with Gasteiger partial charge in [-0.15, -0.1) is 6.42 Å². The van der Waals surface area contributed by atoms with Crippen molar-refractivity contribution in [1.29, 1.82) is 0 Å². The van der Waals surface area contributed by atoms with Crippen molar-refractivity contribution in [3.05, 3.63) is 24.3 Å². The molecule has 0 aliphatic rings. The van der Waals surface area contributed by atoms with Gasteiger partial charge < -0.3 is 10.6 Å². The van der Waals surface area contributed by atoms with Gasteiger partial charge in [0.05, 0.1) is 13.1 Å². The van der Waals surface area contributed by atoms with Crippen molar-refractivity contribution in [3.8, 4) is 12.3 Å². The molecule has 5 heteroatoms. The van der Waals surface area contributed by atoms with E-state index in [2.05, 4.69) is 21.9 Å². The molecule has 0 unspecified atom stereocenters. The van der Waals surface area contributed by atoms with Gasteiger partial charge in [-0.3, -0.25) is 14.9 Å². The van der Waals surface area contributed by atoms with Crippen LogP contribution in [0.4, 0.5) is 11.4 Å². The van der Waals surface area contributed by atoms with Crippen LogP contribution in [0.25, 0.3) is 0 Å². The molecule has 1 rings (SSSR count). The lowest BCUT2D eigenvalue weighted by Crippen LogP contribution is -2.28. The Morgan fingerprint density at radius 2 is 1.62 bits per heavy atom. The molecule has 0 aliphatic heterocycles. The molecule has 0 bridgehead atoms. The van der Waals surface area contributed by atoms with Gasteiger partial charge in [-0.05, 0) is 30.2 Å². The molecule has 1 aromatic carbocycles. The third-order valence-electron chi connectivity index (χ3n) is 2.56. The molecule has 0 aliphatic carbocycles. The zero-order valence-corrected chi connectivity index (χ0v) is 12.4. The Kier molecular flexibility index (Phi) is 6.99. The highest BCUT2D eigenvalue weighted by atomic mass is 16.2. The molecule has 1 aromatic rings. The summed E-state index contributed by atoms with van der Waals surface area (Å²) in [5.41, 5.74) is 1.38. The lowest BCUT2D eigenvalue weighted by atomic mass is 10.1. The molecular weight excluding hydrogens is 266 g/mol. The van der Waals surface area contributed by atoms with Crippen LogP contribution in [0.3, 0.4) is 0 Å². The van der Waals surface area contributed by atoms with Crippen molar-refractivity contribution in [1.82, 2.24) is 5.32 Å². The first-order chi connectivity index (χ1) is 10.0. The maximum Gasteiger partial charge on any atom is 0.238 e. The fraction of sp³-hybridized carbons (Fsp3) is 0.375. The molecule has 0 saturated heterocycles. The Morgan fingerprint density at radius 3 is 2.10 bits per heavy atom. The van der Waals surface area contributed by atoms with E-state index in [0.29, 0.717) is 30.3 Å². The molecule has 0 radical (unpaired) electrons. The van der Waals surface area contributed by atoms with Crippen LogP contribution in [0.2, 0.25) is 0 Å². The molecule has 3 N–H and O–H groups in total. The minimum Gasteiger partial charge on any atom is -0.326 e. The van der Waals surface area contributed by atoms with Gasteiger partial charge >= 0.3 is 0 Å². The van der Waals surface area contributed by atoms with Crippen LogP contribution in [-0.4, -0.2) is 24.9 Å². The van der Waals surface area contributed by atoms with Gasteiger partial charge in [0.2, 0.25) is 11.8 Å². The highest BCUT2D eigenvalue weighted by Crippen LogP contribution is 2.14. The summed E-state index contributed by atoms with van der Waals surface area (Å²) in [5.74, 6) is 2.53. The Bertz CT molecular complexity index is 515. The molecule has 21 heavy (non-hydrogen) atoms. The van der Waals surface area contributed by atoms with Gasteiger partial charge in [0.25, 0.3) is 0 Å². The Hall–Kier alpha value is -2.32. The van der Waals surface area contributed by atoms with E-state index >= 15 is 0 Å². The molecule has 5 nitrogen and oxygen atoms in total. The van der Waals surface area contributed by atoms with Crippen LogP contribution >= 0.6 is 0 Å². The van der Waals surface area contributed by atoms with Crippen LogP contribution in [0.15, 0.2) is 24.3 Å². The smallest absolute Gasteiger partial charge is 0.238 e. The minimum atomic E-state index is -0.165. The first kappa shape index (κ1) is 16.7. The second-order valence-electron chi connectivity index (χ2n) is 5.08. The molecule has 112 valence electrons. The van der Waals surface area contributed by atoms with Crippen LogP contribution in [0.1, 0.15) is 20.3 Å². The van der Waals surface area contributed by atoms with E-state index in [1.807, 2.05) is 13.8 Å².